The lowest BCUT2D eigenvalue weighted by Gasteiger charge is -2.22. The minimum atomic E-state index is -0.202. The van der Waals surface area contributed by atoms with Crippen LogP contribution in [-0.4, -0.2) is 9.13 Å². The van der Waals surface area contributed by atoms with E-state index < -0.39 is 0 Å². The molecule has 0 fully saturated rings. The third-order valence-corrected chi connectivity index (χ3v) is 11.0. The number of aromatic nitrogens is 2. The highest BCUT2D eigenvalue weighted by molar-refractivity contribution is 6.18. The summed E-state index contributed by atoms with van der Waals surface area (Å²) in [7, 11) is 0. The Morgan fingerprint density at radius 2 is 1.18 bits per heavy atom. The predicted octanol–water partition coefficient (Wildman–Crippen LogP) is 11.6. The molecular weight excluding hydrogens is 621 g/mol. The number of rotatable bonds is 3. The molecule has 0 aliphatic heterocycles. The lowest BCUT2D eigenvalue weighted by molar-refractivity contribution is 0.661. The SMILES string of the molecule is CC1(C)c2ccccc2-c2cc3c4ccccc4n(-c4c(C#N)cc(C#N)c5c6cc(-c7ccccc7)ccc6n(-c6ccccc6)c45)c3cc21. The first kappa shape index (κ1) is 29.1. The van der Waals surface area contributed by atoms with Crippen molar-refractivity contribution in [2.45, 2.75) is 19.3 Å². The second kappa shape index (κ2) is 10.6. The largest absolute Gasteiger partial charge is 0.307 e. The Morgan fingerprint density at radius 3 is 1.96 bits per heavy atom. The van der Waals surface area contributed by atoms with Crippen LogP contribution in [0.4, 0.5) is 0 Å². The van der Waals surface area contributed by atoms with E-state index in [-0.39, 0.29) is 5.41 Å². The molecule has 0 unspecified atom stereocenters. The molecule has 0 atom stereocenters. The first-order chi connectivity index (χ1) is 25.0. The molecule has 10 rings (SSSR count). The Balaban J connectivity index is 1.41. The van der Waals surface area contributed by atoms with Gasteiger partial charge < -0.3 is 9.13 Å². The van der Waals surface area contributed by atoms with Crippen molar-refractivity contribution in [3.63, 3.8) is 0 Å². The predicted molar refractivity (Wildman–Crippen MR) is 208 cm³/mol. The summed E-state index contributed by atoms with van der Waals surface area (Å²) in [5, 5.41) is 25.7. The fraction of sp³-hybridized carbons (Fsp3) is 0.0638. The van der Waals surface area contributed by atoms with Gasteiger partial charge in [0.1, 0.15) is 6.07 Å². The Hall–Kier alpha value is -6.88. The van der Waals surface area contributed by atoms with Crippen LogP contribution in [0.5, 0.6) is 0 Å². The molecule has 51 heavy (non-hydrogen) atoms. The van der Waals surface area contributed by atoms with Crippen molar-refractivity contribution in [2.75, 3.05) is 0 Å². The average molecular weight is 651 g/mol. The van der Waals surface area contributed by atoms with Crippen molar-refractivity contribution >= 4 is 43.6 Å². The van der Waals surface area contributed by atoms with Crippen LogP contribution in [0.3, 0.4) is 0 Å². The van der Waals surface area contributed by atoms with E-state index in [0.29, 0.717) is 11.1 Å². The van der Waals surface area contributed by atoms with E-state index in [1.54, 1.807) is 6.07 Å². The van der Waals surface area contributed by atoms with Gasteiger partial charge in [0.2, 0.25) is 0 Å². The molecule has 0 saturated heterocycles. The fourth-order valence-corrected chi connectivity index (χ4v) is 8.66. The van der Waals surface area contributed by atoms with Crippen LogP contribution in [-0.2, 0) is 5.41 Å². The maximum absolute atomic E-state index is 10.9. The van der Waals surface area contributed by atoms with Gasteiger partial charge in [-0.2, -0.15) is 10.5 Å². The van der Waals surface area contributed by atoms with Gasteiger partial charge in [0.05, 0.1) is 45.0 Å². The standard InChI is InChI=1S/C47H30N4/c1-47(2)39-19-11-9-17-34(39)36-25-37-35-18-10-12-20-41(35)51(43(37)26-40(36)47)45-32(28-49)23-31(27-48)44-38-24-30(29-13-5-3-6-14-29)21-22-42(38)50(46(44)45)33-15-7-4-8-16-33/h3-26H,1-2H3. The second-order valence-corrected chi connectivity index (χ2v) is 14.0. The van der Waals surface area contributed by atoms with E-state index in [2.05, 4.69) is 138 Å². The minimum Gasteiger partial charge on any atom is -0.307 e. The molecule has 238 valence electrons. The van der Waals surface area contributed by atoms with Crippen LogP contribution in [0.25, 0.3) is 77.2 Å². The maximum atomic E-state index is 10.9. The summed E-state index contributed by atoms with van der Waals surface area (Å²) in [5.41, 5.74) is 13.6. The molecule has 0 bridgehead atoms. The number of hydrogen-bond acceptors (Lipinski definition) is 2. The molecule has 0 amide bonds. The summed E-state index contributed by atoms with van der Waals surface area (Å²) in [6.45, 7) is 4.60. The molecule has 4 heteroatoms. The third-order valence-electron chi connectivity index (χ3n) is 11.0. The Bertz CT molecular complexity index is 3000. The zero-order valence-corrected chi connectivity index (χ0v) is 28.1. The van der Waals surface area contributed by atoms with Crippen LogP contribution in [0, 0.1) is 22.7 Å². The second-order valence-electron chi connectivity index (χ2n) is 14.0. The van der Waals surface area contributed by atoms with Crippen LogP contribution >= 0.6 is 0 Å². The van der Waals surface area contributed by atoms with E-state index in [0.717, 1.165) is 66.1 Å². The van der Waals surface area contributed by atoms with Gasteiger partial charge in [-0.1, -0.05) is 111 Å². The summed E-state index contributed by atoms with van der Waals surface area (Å²) in [6.07, 6.45) is 0. The molecular formula is C47H30N4. The number of hydrogen-bond donors (Lipinski definition) is 0. The Morgan fingerprint density at radius 1 is 0.490 bits per heavy atom. The monoisotopic (exact) mass is 650 g/mol. The Kier molecular flexibility index (Phi) is 6.02. The average Bonchev–Trinajstić information content (AvgIpc) is 3.77. The van der Waals surface area contributed by atoms with Gasteiger partial charge in [-0.25, -0.2) is 0 Å². The van der Waals surface area contributed by atoms with Crippen molar-refractivity contribution in [1.29, 1.82) is 10.5 Å². The summed E-state index contributed by atoms with van der Waals surface area (Å²) in [6, 6.07) is 55.8. The summed E-state index contributed by atoms with van der Waals surface area (Å²) in [5.74, 6) is 0. The van der Waals surface area contributed by atoms with Gasteiger partial charge >= 0.3 is 0 Å². The topological polar surface area (TPSA) is 57.4 Å². The van der Waals surface area contributed by atoms with E-state index >= 15 is 0 Å². The molecule has 0 N–H and O–H groups in total. The fourth-order valence-electron chi connectivity index (χ4n) is 8.66. The molecule has 2 aromatic heterocycles. The van der Waals surface area contributed by atoms with Gasteiger partial charge in [0, 0.05) is 32.6 Å². The van der Waals surface area contributed by atoms with Crippen molar-refractivity contribution in [2.24, 2.45) is 0 Å². The highest BCUT2D eigenvalue weighted by atomic mass is 15.1. The quantitative estimate of drug-likeness (QED) is 0.191. The zero-order chi connectivity index (χ0) is 34.4. The first-order valence-corrected chi connectivity index (χ1v) is 17.2. The van der Waals surface area contributed by atoms with Gasteiger partial charge in [-0.05, 0) is 81.9 Å². The smallest absolute Gasteiger partial charge is 0.101 e. The van der Waals surface area contributed by atoms with E-state index in [9.17, 15) is 10.5 Å². The summed E-state index contributed by atoms with van der Waals surface area (Å²) in [4.78, 5) is 0. The highest BCUT2D eigenvalue weighted by Crippen LogP contribution is 2.51. The van der Waals surface area contributed by atoms with Gasteiger partial charge in [-0.15, -0.1) is 0 Å². The maximum Gasteiger partial charge on any atom is 0.101 e. The molecule has 0 spiro atoms. The van der Waals surface area contributed by atoms with E-state index in [1.165, 1.54) is 22.3 Å². The molecule has 1 aliphatic rings. The third kappa shape index (κ3) is 3.93. The molecule has 4 nitrogen and oxygen atoms in total. The van der Waals surface area contributed by atoms with Crippen molar-refractivity contribution in [3.8, 4) is 45.8 Å². The molecule has 0 saturated carbocycles. The zero-order valence-electron chi connectivity index (χ0n) is 28.1. The molecule has 7 aromatic carbocycles. The van der Waals surface area contributed by atoms with Gasteiger partial charge in [-0.3, -0.25) is 0 Å². The number of fused-ring (bicyclic) bond motifs is 9. The highest BCUT2D eigenvalue weighted by Gasteiger charge is 2.36. The Labute approximate surface area is 295 Å². The molecule has 2 heterocycles. The first-order valence-electron chi connectivity index (χ1n) is 17.2. The van der Waals surface area contributed by atoms with Crippen LogP contribution in [0.2, 0.25) is 0 Å². The normalized spacial score (nSPS) is 13.0. The van der Waals surface area contributed by atoms with Crippen LogP contribution in [0.15, 0.2) is 146 Å². The summed E-state index contributed by atoms with van der Waals surface area (Å²) >= 11 is 0. The van der Waals surface area contributed by atoms with Crippen LogP contribution in [0.1, 0.15) is 36.1 Å². The van der Waals surface area contributed by atoms with Crippen molar-refractivity contribution in [1.82, 2.24) is 9.13 Å². The number of nitrogens with zero attached hydrogens (tertiary/aromatic N) is 4. The van der Waals surface area contributed by atoms with E-state index in [4.69, 9.17) is 0 Å². The number of nitriles is 2. The minimum absolute atomic E-state index is 0.202. The molecule has 0 radical (unpaired) electrons. The van der Waals surface area contributed by atoms with Crippen molar-refractivity contribution < 1.29 is 0 Å². The molecule has 1 aliphatic carbocycles. The number of benzene rings is 7. The van der Waals surface area contributed by atoms with E-state index in [1.807, 2.05) is 36.4 Å². The lowest BCUT2D eigenvalue weighted by Crippen LogP contribution is -2.15. The van der Waals surface area contributed by atoms with Gasteiger partial charge in [0.25, 0.3) is 0 Å². The summed E-state index contributed by atoms with van der Waals surface area (Å²) < 4.78 is 4.52. The lowest BCUT2D eigenvalue weighted by atomic mass is 9.82. The number of para-hydroxylation sites is 2. The van der Waals surface area contributed by atoms with Crippen LogP contribution < -0.4 is 0 Å². The van der Waals surface area contributed by atoms with Crippen molar-refractivity contribution in [3.05, 3.63) is 168 Å². The van der Waals surface area contributed by atoms with Gasteiger partial charge in [0.15, 0.2) is 0 Å². The molecule has 9 aromatic rings.